The van der Waals surface area contributed by atoms with Crippen molar-refractivity contribution in [3.63, 3.8) is 0 Å². The second kappa shape index (κ2) is 3.27. The molecular formula is C12H22O. The zero-order chi connectivity index (χ0) is 9.47. The minimum atomic E-state index is 0.00312. The highest BCUT2D eigenvalue weighted by atomic mass is 16.3. The molecule has 0 heterocycles. The lowest BCUT2D eigenvalue weighted by Gasteiger charge is -2.50. The van der Waals surface area contributed by atoms with E-state index >= 15 is 0 Å². The summed E-state index contributed by atoms with van der Waals surface area (Å²) in [5, 5.41) is 9.65. The third-order valence-corrected chi connectivity index (χ3v) is 4.82. The topological polar surface area (TPSA) is 20.2 Å². The van der Waals surface area contributed by atoms with Crippen molar-refractivity contribution in [2.45, 2.75) is 58.5 Å². The highest BCUT2D eigenvalue weighted by Gasteiger charge is 2.44. The number of aliphatic hydroxyl groups excluding tert-OH is 1. The van der Waals surface area contributed by atoms with Gasteiger partial charge in [-0.2, -0.15) is 0 Å². The first-order chi connectivity index (χ1) is 6.13. The molecule has 13 heavy (non-hydrogen) atoms. The number of hydrogen-bond donors (Lipinski definition) is 1. The summed E-state index contributed by atoms with van der Waals surface area (Å²) in [6, 6.07) is 0. The Kier molecular flexibility index (Phi) is 2.39. The van der Waals surface area contributed by atoms with E-state index in [9.17, 15) is 5.11 Å². The van der Waals surface area contributed by atoms with Crippen LogP contribution in [0.3, 0.4) is 0 Å². The van der Waals surface area contributed by atoms with Crippen molar-refractivity contribution >= 4 is 0 Å². The van der Waals surface area contributed by atoms with Gasteiger partial charge in [0.25, 0.3) is 0 Å². The van der Waals surface area contributed by atoms with Crippen LogP contribution in [0.5, 0.6) is 0 Å². The molecule has 1 heteroatoms. The standard InChI is InChI=1S/C12H22O/c1-9-4-3-5-10-8-11(13)6-7-12(9,10)2/h9-11,13H,3-8H2,1-2H3/t9-,10-,11+,12+/m0/s1. The molecule has 0 amide bonds. The highest BCUT2D eigenvalue weighted by Crippen LogP contribution is 2.52. The van der Waals surface area contributed by atoms with Crippen molar-refractivity contribution in [2.75, 3.05) is 0 Å². The maximum Gasteiger partial charge on any atom is 0.0543 e. The Balaban J connectivity index is 2.13. The Labute approximate surface area is 81.5 Å². The summed E-state index contributed by atoms with van der Waals surface area (Å²) >= 11 is 0. The van der Waals surface area contributed by atoms with Gasteiger partial charge in [0.1, 0.15) is 0 Å². The molecule has 1 nitrogen and oxygen atoms in total. The fourth-order valence-corrected chi connectivity index (χ4v) is 3.49. The molecule has 0 spiro atoms. The van der Waals surface area contributed by atoms with Crippen LogP contribution in [0, 0.1) is 17.3 Å². The molecule has 2 saturated carbocycles. The number of fused-ring (bicyclic) bond motifs is 1. The molecule has 0 aromatic rings. The van der Waals surface area contributed by atoms with Crippen molar-refractivity contribution in [1.82, 2.24) is 0 Å². The van der Waals surface area contributed by atoms with Gasteiger partial charge in [0.15, 0.2) is 0 Å². The summed E-state index contributed by atoms with van der Waals surface area (Å²) in [6.07, 6.45) is 7.51. The lowest BCUT2D eigenvalue weighted by molar-refractivity contribution is -0.0403. The first-order valence-electron chi connectivity index (χ1n) is 5.81. The third kappa shape index (κ3) is 1.52. The van der Waals surface area contributed by atoms with Gasteiger partial charge in [-0.1, -0.05) is 26.7 Å². The molecular weight excluding hydrogens is 160 g/mol. The van der Waals surface area contributed by atoms with E-state index in [0.29, 0.717) is 5.41 Å². The molecule has 4 atom stereocenters. The van der Waals surface area contributed by atoms with Gasteiger partial charge in [0.05, 0.1) is 6.10 Å². The number of rotatable bonds is 0. The summed E-state index contributed by atoms with van der Waals surface area (Å²) in [4.78, 5) is 0. The first-order valence-corrected chi connectivity index (χ1v) is 5.81. The summed E-state index contributed by atoms with van der Waals surface area (Å²) < 4.78 is 0. The van der Waals surface area contributed by atoms with Gasteiger partial charge in [-0.15, -0.1) is 0 Å². The van der Waals surface area contributed by atoms with Crippen LogP contribution in [-0.4, -0.2) is 11.2 Å². The lowest BCUT2D eigenvalue weighted by Crippen LogP contribution is -2.43. The van der Waals surface area contributed by atoms with E-state index in [-0.39, 0.29) is 6.10 Å². The Morgan fingerprint density at radius 3 is 2.77 bits per heavy atom. The predicted molar refractivity (Wildman–Crippen MR) is 54.5 cm³/mol. The maximum atomic E-state index is 9.65. The fraction of sp³-hybridized carbons (Fsp3) is 1.00. The first kappa shape index (κ1) is 9.51. The molecule has 0 aliphatic heterocycles. The Hall–Kier alpha value is -0.0400. The predicted octanol–water partition coefficient (Wildman–Crippen LogP) is 2.97. The Morgan fingerprint density at radius 1 is 1.23 bits per heavy atom. The molecule has 0 aromatic heterocycles. The van der Waals surface area contributed by atoms with E-state index < -0.39 is 0 Å². The van der Waals surface area contributed by atoms with Gasteiger partial charge in [-0.05, 0) is 42.9 Å². The SMILES string of the molecule is C[C@H]1CCC[C@H]2C[C@H](O)CC[C@@]21C. The van der Waals surface area contributed by atoms with Crippen molar-refractivity contribution in [1.29, 1.82) is 0 Å². The van der Waals surface area contributed by atoms with E-state index in [0.717, 1.165) is 24.7 Å². The molecule has 0 bridgehead atoms. The van der Waals surface area contributed by atoms with E-state index in [1.54, 1.807) is 0 Å². The minimum Gasteiger partial charge on any atom is -0.393 e. The van der Waals surface area contributed by atoms with Crippen LogP contribution in [0.1, 0.15) is 52.4 Å². The second-order valence-electron chi connectivity index (χ2n) is 5.46. The summed E-state index contributed by atoms with van der Waals surface area (Å²) in [6.45, 7) is 4.86. The number of aliphatic hydroxyl groups is 1. The summed E-state index contributed by atoms with van der Waals surface area (Å²) in [7, 11) is 0. The zero-order valence-electron chi connectivity index (χ0n) is 8.92. The highest BCUT2D eigenvalue weighted by molar-refractivity contribution is 4.95. The molecule has 0 radical (unpaired) electrons. The van der Waals surface area contributed by atoms with Gasteiger partial charge in [-0.25, -0.2) is 0 Å². The van der Waals surface area contributed by atoms with Crippen LogP contribution >= 0.6 is 0 Å². The van der Waals surface area contributed by atoms with Crippen molar-refractivity contribution < 1.29 is 5.11 Å². The quantitative estimate of drug-likeness (QED) is 0.610. The summed E-state index contributed by atoms with van der Waals surface area (Å²) in [5.41, 5.74) is 0.553. The molecule has 2 aliphatic carbocycles. The van der Waals surface area contributed by atoms with Crippen LogP contribution in [0.4, 0.5) is 0 Å². The van der Waals surface area contributed by atoms with E-state index in [2.05, 4.69) is 13.8 Å². The van der Waals surface area contributed by atoms with Gasteiger partial charge >= 0.3 is 0 Å². The van der Waals surface area contributed by atoms with E-state index in [1.165, 1.54) is 25.7 Å². The largest absolute Gasteiger partial charge is 0.393 e. The average Bonchev–Trinajstić information content (AvgIpc) is 2.09. The minimum absolute atomic E-state index is 0.00312. The lowest BCUT2D eigenvalue weighted by atomic mass is 9.55. The van der Waals surface area contributed by atoms with Gasteiger partial charge in [0, 0.05) is 0 Å². The Morgan fingerprint density at radius 2 is 2.00 bits per heavy atom. The molecule has 1 N–H and O–H groups in total. The monoisotopic (exact) mass is 182 g/mol. The molecule has 0 saturated heterocycles. The molecule has 0 unspecified atom stereocenters. The van der Waals surface area contributed by atoms with Crippen LogP contribution in [0.2, 0.25) is 0 Å². The molecule has 0 aromatic carbocycles. The molecule has 2 aliphatic rings. The van der Waals surface area contributed by atoms with Gasteiger partial charge in [0.2, 0.25) is 0 Å². The molecule has 2 fully saturated rings. The van der Waals surface area contributed by atoms with E-state index in [4.69, 9.17) is 0 Å². The van der Waals surface area contributed by atoms with Crippen molar-refractivity contribution in [3.05, 3.63) is 0 Å². The van der Waals surface area contributed by atoms with Crippen LogP contribution < -0.4 is 0 Å². The zero-order valence-corrected chi connectivity index (χ0v) is 8.92. The van der Waals surface area contributed by atoms with Crippen LogP contribution in [-0.2, 0) is 0 Å². The van der Waals surface area contributed by atoms with E-state index in [1.807, 2.05) is 0 Å². The number of hydrogen-bond acceptors (Lipinski definition) is 1. The van der Waals surface area contributed by atoms with Gasteiger partial charge in [-0.3, -0.25) is 0 Å². The third-order valence-electron chi connectivity index (χ3n) is 4.82. The van der Waals surface area contributed by atoms with Crippen molar-refractivity contribution in [2.24, 2.45) is 17.3 Å². The fourth-order valence-electron chi connectivity index (χ4n) is 3.49. The van der Waals surface area contributed by atoms with Crippen LogP contribution in [0.25, 0.3) is 0 Å². The normalized spacial score (nSPS) is 51.5. The average molecular weight is 182 g/mol. The molecule has 76 valence electrons. The maximum absolute atomic E-state index is 9.65. The smallest absolute Gasteiger partial charge is 0.0543 e. The Bertz CT molecular complexity index is 190. The molecule has 2 rings (SSSR count). The second-order valence-corrected chi connectivity index (χ2v) is 5.46. The van der Waals surface area contributed by atoms with Gasteiger partial charge < -0.3 is 5.11 Å². The van der Waals surface area contributed by atoms with Crippen LogP contribution in [0.15, 0.2) is 0 Å². The van der Waals surface area contributed by atoms with Crippen molar-refractivity contribution in [3.8, 4) is 0 Å². The summed E-state index contributed by atoms with van der Waals surface area (Å²) in [5.74, 6) is 1.68.